The van der Waals surface area contributed by atoms with Gasteiger partial charge in [0.2, 0.25) is 5.91 Å². The van der Waals surface area contributed by atoms with Crippen molar-refractivity contribution < 1.29 is 9.21 Å². The number of carbonyl (C=O) groups is 1. The van der Waals surface area contributed by atoms with Crippen molar-refractivity contribution in [2.45, 2.75) is 13.1 Å². The summed E-state index contributed by atoms with van der Waals surface area (Å²) in [4.78, 5) is 15.3. The number of nitrogens with one attached hydrogen (secondary N) is 2. The quantitative estimate of drug-likeness (QED) is 0.877. The van der Waals surface area contributed by atoms with E-state index in [0.717, 1.165) is 38.3 Å². The maximum atomic E-state index is 12.9. The first-order chi connectivity index (χ1) is 11.8. The Morgan fingerprint density at radius 2 is 2.17 bits per heavy atom. The van der Waals surface area contributed by atoms with E-state index in [1.807, 2.05) is 12.1 Å². The molecule has 2 N–H and O–H groups in total. The number of carbonyl (C=O) groups excluding carboxylic acids is 1. The first-order valence-corrected chi connectivity index (χ1v) is 8.53. The summed E-state index contributed by atoms with van der Waals surface area (Å²) in [6.45, 7) is 4.92. The zero-order valence-electron chi connectivity index (χ0n) is 13.7. The molecule has 2 aromatic rings. The molecule has 1 aromatic heterocycles. The van der Waals surface area contributed by atoms with E-state index in [0.29, 0.717) is 12.5 Å². The van der Waals surface area contributed by atoms with Crippen molar-refractivity contribution in [1.29, 1.82) is 0 Å². The highest BCUT2D eigenvalue weighted by Gasteiger charge is 2.54. The average molecular weight is 325 g/mol. The van der Waals surface area contributed by atoms with E-state index in [4.69, 9.17) is 4.42 Å². The lowest BCUT2D eigenvalue weighted by Gasteiger charge is -2.27. The molecule has 1 aromatic carbocycles. The Balaban J connectivity index is 1.43. The lowest BCUT2D eigenvalue weighted by molar-refractivity contribution is -0.131. The van der Waals surface area contributed by atoms with Crippen molar-refractivity contribution in [3.05, 3.63) is 60.1 Å². The predicted octanol–water partition coefficient (Wildman–Crippen LogP) is 1.62. The van der Waals surface area contributed by atoms with Gasteiger partial charge in [0.15, 0.2) is 0 Å². The van der Waals surface area contributed by atoms with E-state index < -0.39 is 0 Å². The molecule has 0 unspecified atom stereocenters. The Bertz CT molecular complexity index is 686. The Kier molecular flexibility index (Phi) is 4.12. The van der Waals surface area contributed by atoms with Crippen LogP contribution in [0.5, 0.6) is 0 Å². The molecule has 5 nitrogen and oxygen atoms in total. The highest BCUT2D eigenvalue weighted by atomic mass is 16.3. The second-order valence-electron chi connectivity index (χ2n) is 6.95. The van der Waals surface area contributed by atoms with Gasteiger partial charge in [-0.15, -0.1) is 0 Å². The first-order valence-electron chi connectivity index (χ1n) is 8.53. The van der Waals surface area contributed by atoms with Crippen molar-refractivity contribution in [3.8, 4) is 0 Å². The van der Waals surface area contributed by atoms with E-state index in [1.165, 1.54) is 5.56 Å². The van der Waals surface area contributed by atoms with Crippen LogP contribution >= 0.6 is 0 Å². The number of likely N-dealkylation sites (tertiary alicyclic amines) is 1. The summed E-state index contributed by atoms with van der Waals surface area (Å²) in [6.07, 6.45) is 3.32. The molecule has 0 aliphatic carbocycles. The van der Waals surface area contributed by atoms with E-state index in [9.17, 15) is 4.79 Å². The minimum atomic E-state index is -0.307. The number of amides is 1. The van der Waals surface area contributed by atoms with Crippen molar-refractivity contribution in [3.63, 3.8) is 0 Å². The molecule has 3 heterocycles. The van der Waals surface area contributed by atoms with E-state index >= 15 is 0 Å². The zero-order chi connectivity index (χ0) is 16.4. The van der Waals surface area contributed by atoms with Crippen molar-refractivity contribution in [2.75, 3.05) is 26.2 Å². The zero-order valence-corrected chi connectivity index (χ0v) is 13.7. The maximum Gasteiger partial charge on any atom is 0.229 e. The molecule has 0 radical (unpaired) electrons. The Morgan fingerprint density at radius 3 is 2.96 bits per heavy atom. The number of fused-ring (bicyclic) bond motifs is 1. The molecule has 2 aliphatic heterocycles. The molecule has 5 heteroatoms. The highest BCUT2D eigenvalue weighted by Crippen LogP contribution is 2.39. The molecule has 0 bridgehead atoms. The maximum absolute atomic E-state index is 12.9. The van der Waals surface area contributed by atoms with Crippen LogP contribution in [0.15, 0.2) is 53.3 Å². The predicted molar refractivity (Wildman–Crippen MR) is 91.1 cm³/mol. The van der Waals surface area contributed by atoms with E-state index in [-0.39, 0.29) is 11.3 Å². The van der Waals surface area contributed by atoms with Gasteiger partial charge >= 0.3 is 0 Å². The van der Waals surface area contributed by atoms with E-state index in [1.54, 1.807) is 12.5 Å². The fraction of sp³-hybridized carbons (Fsp3) is 0.421. The number of furan rings is 1. The molecular formula is C19H23N3O2. The van der Waals surface area contributed by atoms with Crippen LogP contribution < -0.4 is 10.6 Å². The molecule has 2 saturated heterocycles. The van der Waals surface area contributed by atoms with Gasteiger partial charge in [0.1, 0.15) is 0 Å². The van der Waals surface area contributed by atoms with Crippen LogP contribution in [-0.2, 0) is 17.9 Å². The molecule has 24 heavy (non-hydrogen) atoms. The topological polar surface area (TPSA) is 57.5 Å². The third-order valence-corrected chi connectivity index (χ3v) is 5.33. The van der Waals surface area contributed by atoms with Crippen molar-refractivity contribution in [2.24, 2.45) is 11.3 Å². The molecule has 4 rings (SSSR count). The lowest BCUT2D eigenvalue weighted by atomic mass is 9.80. The summed E-state index contributed by atoms with van der Waals surface area (Å²) in [5.41, 5.74) is 2.00. The number of nitrogens with zero attached hydrogens (tertiary/aromatic N) is 1. The average Bonchev–Trinajstić information content (AvgIpc) is 3.29. The summed E-state index contributed by atoms with van der Waals surface area (Å²) in [5, 5.41) is 6.53. The van der Waals surface area contributed by atoms with Gasteiger partial charge in [-0.2, -0.15) is 0 Å². The minimum absolute atomic E-state index is 0.161. The highest BCUT2D eigenvalue weighted by molar-refractivity contribution is 5.84. The van der Waals surface area contributed by atoms with Crippen molar-refractivity contribution in [1.82, 2.24) is 15.5 Å². The van der Waals surface area contributed by atoms with Crippen LogP contribution in [0.3, 0.4) is 0 Å². The van der Waals surface area contributed by atoms with Crippen LogP contribution in [0.2, 0.25) is 0 Å². The second kappa shape index (κ2) is 6.42. The van der Waals surface area contributed by atoms with Crippen LogP contribution in [0, 0.1) is 11.3 Å². The summed E-state index contributed by atoms with van der Waals surface area (Å²) in [7, 11) is 0. The summed E-state index contributed by atoms with van der Waals surface area (Å²) in [5.74, 6) is 0.542. The van der Waals surface area contributed by atoms with Crippen molar-refractivity contribution >= 4 is 5.91 Å². The number of benzene rings is 1. The summed E-state index contributed by atoms with van der Waals surface area (Å²) in [6, 6.07) is 12.4. The molecule has 126 valence electrons. The van der Waals surface area contributed by atoms with Gasteiger partial charge in [-0.25, -0.2) is 0 Å². The van der Waals surface area contributed by atoms with Gasteiger partial charge in [-0.1, -0.05) is 30.3 Å². The molecule has 1 amide bonds. The summed E-state index contributed by atoms with van der Waals surface area (Å²) < 4.78 is 5.07. The van der Waals surface area contributed by atoms with Gasteiger partial charge in [0.05, 0.1) is 17.9 Å². The van der Waals surface area contributed by atoms with Crippen LogP contribution in [0.1, 0.15) is 11.1 Å². The Labute approximate surface area is 142 Å². The number of hydrogen-bond donors (Lipinski definition) is 2. The molecule has 2 fully saturated rings. The Morgan fingerprint density at radius 1 is 1.29 bits per heavy atom. The summed E-state index contributed by atoms with van der Waals surface area (Å²) >= 11 is 0. The third-order valence-electron chi connectivity index (χ3n) is 5.33. The first kappa shape index (κ1) is 15.4. The normalized spacial score (nSPS) is 26.4. The number of hydrogen-bond acceptors (Lipinski definition) is 4. The van der Waals surface area contributed by atoms with Gasteiger partial charge < -0.3 is 15.1 Å². The third kappa shape index (κ3) is 2.85. The SMILES string of the molecule is O=C(NCc1ccoc1)[C@@]12CNC[C@@H]1CN(Cc1ccccc1)C2. The molecule has 2 atom stereocenters. The smallest absolute Gasteiger partial charge is 0.229 e. The molecule has 0 spiro atoms. The standard InChI is InChI=1S/C19H23N3O2/c23-18(21-8-16-6-7-24-12-16)19-13-20-9-17(19)11-22(14-19)10-15-4-2-1-3-5-15/h1-7,12,17,20H,8-11,13-14H2,(H,21,23)/t17-,19-/m1/s1. The van der Waals surface area contributed by atoms with Crippen LogP contribution in [-0.4, -0.2) is 37.0 Å². The second-order valence-corrected chi connectivity index (χ2v) is 6.95. The monoisotopic (exact) mass is 325 g/mol. The van der Waals surface area contributed by atoms with Gasteiger partial charge in [0, 0.05) is 50.7 Å². The number of rotatable bonds is 5. The molecular weight excluding hydrogens is 302 g/mol. The lowest BCUT2D eigenvalue weighted by Crippen LogP contribution is -2.47. The fourth-order valence-electron chi connectivity index (χ4n) is 4.06. The van der Waals surface area contributed by atoms with E-state index in [2.05, 4.69) is 39.8 Å². The van der Waals surface area contributed by atoms with Gasteiger partial charge in [-0.05, 0) is 11.6 Å². The van der Waals surface area contributed by atoms with Gasteiger partial charge in [0.25, 0.3) is 0 Å². The largest absolute Gasteiger partial charge is 0.472 e. The van der Waals surface area contributed by atoms with Crippen LogP contribution in [0.25, 0.3) is 0 Å². The minimum Gasteiger partial charge on any atom is -0.472 e. The fourth-order valence-corrected chi connectivity index (χ4v) is 4.06. The molecule has 2 aliphatic rings. The molecule has 0 saturated carbocycles. The Hall–Kier alpha value is -2.11. The van der Waals surface area contributed by atoms with Crippen LogP contribution in [0.4, 0.5) is 0 Å². The van der Waals surface area contributed by atoms with Gasteiger partial charge in [-0.3, -0.25) is 9.69 Å².